The van der Waals surface area contributed by atoms with Crippen LogP contribution in [0.5, 0.6) is 0 Å². The monoisotopic (exact) mass is 411 g/mol. The maximum Gasteiger partial charge on any atom is 0.149 e. The SMILES string of the molecule is CC(O)c1ccc2c(c1)ncn2-c1cccc(-c2cc(Br)ncc2F)c1. The van der Waals surface area contributed by atoms with Gasteiger partial charge in [-0.15, -0.1) is 0 Å². The number of aliphatic hydroxyl groups is 1. The van der Waals surface area contributed by atoms with Crippen molar-refractivity contribution in [3.05, 3.63) is 77.0 Å². The van der Waals surface area contributed by atoms with Crippen molar-refractivity contribution < 1.29 is 9.50 Å². The molecule has 0 saturated heterocycles. The zero-order chi connectivity index (χ0) is 18.3. The molecule has 26 heavy (non-hydrogen) atoms. The maximum atomic E-state index is 14.2. The number of rotatable bonds is 3. The van der Waals surface area contributed by atoms with E-state index in [1.54, 1.807) is 19.3 Å². The smallest absolute Gasteiger partial charge is 0.149 e. The second-order valence-electron chi connectivity index (χ2n) is 6.08. The summed E-state index contributed by atoms with van der Waals surface area (Å²) < 4.78 is 16.7. The molecule has 1 atom stereocenters. The third-order valence-corrected chi connectivity index (χ3v) is 4.74. The van der Waals surface area contributed by atoms with Gasteiger partial charge in [-0.1, -0.05) is 18.2 Å². The molecule has 0 spiro atoms. The summed E-state index contributed by atoms with van der Waals surface area (Å²) in [4.78, 5) is 8.34. The zero-order valence-corrected chi connectivity index (χ0v) is 15.5. The highest BCUT2D eigenvalue weighted by atomic mass is 79.9. The first-order chi connectivity index (χ1) is 12.5. The lowest BCUT2D eigenvalue weighted by molar-refractivity contribution is 0.199. The summed E-state index contributed by atoms with van der Waals surface area (Å²) in [5, 5.41) is 9.74. The molecule has 6 heteroatoms. The third kappa shape index (κ3) is 3.02. The Kier molecular flexibility index (Phi) is 4.30. The molecule has 4 rings (SSSR count). The molecule has 4 nitrogen and oxygen atoms in total. The lowest BCUT2D eigenvalue weighted by Gasteiger charge is -2.09. The number of fused-ring (bicyclic) bond motifs is 1. The molecule has 0 amide bonds. The molecule has 0 saturated carbocycles. The number of hydrogen-bond acceptors (Lipinski definition) is 3. The highest BCUT2D eigenvalue weighted by molar-refractivity contribution is 9.10. The minimum atomic E-state index is -0.541. The first-order valence-corrected chi connectivity index (χ1v) is 8.89. The van der Waals surface area contributed by atoms with Gasteiger partial charge in [0, 0.05) is 11.3 Å². The van der Waals surface area contributed by atoms with E-state index in [2.05, 4.69) is 25.9 Å². The molecule has 0 aliphatic rings. The number of pyridine rings is 1. The van der Waals surface area contributed by atoms with E-state index < -0.39 is 6.10 Å². The molecule has 2 aromatic carbocycles. The van der Waals surface area contributed by atoms with Crippen LogP contribution < -0.4 is 0 Å². The van der Waals surface area contributed by atoms with Crippen molar-refractivity contribution in [1.29, 1.82) is 0 Å². The average Bonchev–Trinajstić information content (AvgIpc) is 3.07. The van der Waals surface area contributed by atoms with Crippen molar-refractivity contribution in [3.63, 3.8) is 0 Å². The predicted molar refractivity (Wildman–Crippen MR) is 103 cm³/mol. The van der Waals surface area contributed by atoms with E-state index in [1.165, 1.54) is 6.20 Å². The van der Waals surface area contributed by atoms with Crippen LogP contribution in [0.4, 0.5) is 4.39 Å². The molecule has 0 radical (unpaired) electrons. The van der Waals surface area contributed by atoms with Crippen LogP contribution in [0.25, 0.3) is 27.8 Å². The Morgan fingerprint density at radius 3 is 2.77 bits per heavy atom. The predicted octanol–water partition coefficient (Wildman–Crippen LogP) is 5.04. The maximum absolute atomic E-state index is 14.2. The molecule has 2 aromatic heterocycles. The molecule has 0 aliphatic carbocycles. The van der Waals surface area contributed by atoms with E-state index in [-0.39, 0.29) is 5.82 Å². The summed E-state index contributed by atoms with van der Waals surface area (Å²) in [6.45, 7) is 1.73. The molecule has 4 aromatic rings. The van der Waals surface area contributed by atoms with Crippen LogP contribution in [-0.2, 0) is 0 Å². The third-order valence-electron chi connectivity index (χ3n) is 4.31. The minimum absolute atomic E-state index is 0.373. The summed E-state index contributed by atoms with van der Waals surface area (Å²) >= 11 is 3.29. The highest BCUT2D eigenvalue weighted by Gasteiger charge is 2.11. The Labute approximate surface area is 158 Å². The van der Waals surface area contributed by atoms with Crippen molar-refractivity contribution in [2.45, 2.75) is 13.0 Å². The van der Waals surface area contributed by atoms with Crippen LogP contribution in [0.1, 0.15) is 18.6 Å². The van der Waals surface area contributed by atoms with Crippen LogP contribution in [0.15, 0.2) is 65.7 Å². The van der Waals surface area contributed by atoms with Gasteiger partial charge in [0.1, 0.15) is 16.7 Å². The number of aromatic nitrogens is 3. The van der Waals surface area contributed by atoms with E-state index in [4.69, 9.17) is 0 Å². The number of nitrogens with zero attached hydrogens (tertiary/aromatic N) is 3. The van der Waals surface area contributed by atoms with Gasteiger partial charge in [0.05, 0.1) is 23.3 Å². The Bertz CT molecular complexity index is 1110. The van der Waals surface area contributed by atoms with E-state index in [0.717, 1.165) is 27.8 Å². The van der Waals surface area contributed by atoms with Crippen molar-refractivity contribution in [1.82, 2.24) is 14.5 Å². The Hall–Kier alpha value is -2.57. The van der Waals surface area contributed by atoms with Crippen LogP contribution in [0.3, 0.4) is 0 Å². The lowest BCUT2D eigenvalue weighted by Crippen LogP contribution is -1.95. The lowest BCUT2D eigenvalue weighted by atomic mass is 10.1. The summed E-state index contributed by atoms with van der Waals surface area (Å²) in [5.74, 6) is -0.373. The van der Waals surface area contributed by atoms with Gasteiger partial charge in [-0.2, -0.15) is 0 Å². The molecule has 130 valence electrons. The largest absolute Gasteiger partial charge is 0.389 e. The van der Waals surface area contributed by atoms with Crippen molar-refractivity contribution in [2.75, 3.05) is 0 Å². The minimum Gasteiger partial charge on any atom is -0.389 e. The second-order valence-corrected chi connectivity index (χ2v) is 6.89. The quantitative estimate of drug-likeness (QED) is 0.480. The first-order valence-electron chi connectivity index (χ1n) is 8.10. The number of imidazole rings is 1. The first kappa shape index (κ1) is 16.9. The van der Waals surface area contributed by atoms with Crippen molar-refractivity contribution >= 4 is 27.0 Å². The standard InChI is InChI=1S/C20H15BrFN3O/c1-12(26)13-5-6-19-18(8-13)24-11-25(19)15-4-2-3-14(7-15)16-9-20(21)23-10-17(16)22/h2-12,26H,1H3. The normalized spacial score (nSPS) is 12.5. The number of benzene rings is 2. The summed E-state index contributed by atoms with van der Waals surface area (Å²) in [6.07, 6.45) is 2.39. The van der Waals surface area contributed by atoms with Crippen LogP contribution in [-0.4, -0.2) is 19.6 Å². The van der Waals surface area contributed by atoms with Crippen LogP contribution >= 0.6 is 15.9 Å². The number of aliphatic hydroxyl groups excluding tert-OH is 1. The molecule has 2 heterocycles. The van der Waals surface area contributed by atoms with E-state index >= 15 is 0 Å². The zero-order valence-electron chi connectivity index (χ0n) is 13.9. The van der Waals surface area contributed by atoms with Gasteiger partial charge in [0.15, 0.2) is 0 Å². The second kappa shape index (κ2) is 6.63. The van der Waals surface area contributed by atoms with Gasteiger partial charge in [-0.3, -0.25) is 4.57 Å². The van der Waals surface area contributed by atoms with Gasteiger partial charge >= 0.3 is 0 Å². The summed E-state index contributed by atoms with van der Waals surface area (Å²) in [7, 11) is 0. The fourth-order valence-corrected chi connectivity index (χ4v) is 3.28. The van der Waals surface area contributed by atoms with Crippen LogP contribution in [0, 0.1) is 5.82 Å². The molecule has 0 fully saturated rings. The van der Waals surface area contributed by atoms with Crippen LogP contribution in [0.2, 0.25) is 0 Å². The van der Waals surface area contributed by atoms with Gasteiger partial charge in [0.2, 0.25) is 0 Å². The van der Waals surface area contributed by atoms with E-state index in [0.29, 0.717) is 10.2 Å². The number of halogens is 2. The van der Waals surface area contributed by atoms with Gasteiger partial charge < -0.3 is 5.11 Å². The van der Waals surface area contributed by atoms with E-state index in [9.17, 15) is 9.50 Å². The van der Waals surface area contributed by atoms with Gasteiger partial charge in [-0.05, 0) is 64.3 Å². The topological polar surface area (TPSA) is 50.9 Å². The highest BCUT2D eigenvalue weighted by Crippen LogP contribution is 2.28. The van der Waals surface area contributed by atoms with Gasteiger partial charge in [-0.25, -0.2) is 14.4 Å². The van der Waals surface area contributed by atoms with Crippen molar-refractivity contribution in [3.8, 4) is 16.8 Å². The van der Waals surface area contributed by atoms with Crippen molar-refractivity contribution in [2.24, 2.45) is 0 Å². The Morgan fingerprint density at radius 2 is 1.96 bits per heavy atom. The molecule has 1 N–H and O–H groups in total. The Morgan fingerprint density at radius 1 is 1.12 bits per heavy atom. The Balaban J connectivity index is 1.82. The molecule has 1 unspecified atom stereocenters. The molecule has 0 bridgehead atoms. The van der Waals surface area contributed by atoms with E-state index in [1.807, 2.05) is 47.0 Å². The number of hydrogen-bond donors (Lipinski definition) is 1. The fourth-order valence-electron chi connectivity index (χ4n) is 2.95. The average molecular weight is 412 g/mol. The fraction of sp³-hybridized carbons (Fsp3) is 0.100. The molecular formula is C20H15BrFN3O. The summed E-state index contributed by atoms with van der Waals surface area (Å²) in [5.41, 5.74) is 4.65. The molecule has 0 aliphatic heterocycles. The summed E-state index contributed by atoms with van der Waals surface area (Å²) in [6, 6.07) is 15.0. The molecular weight excluding hydrogens is 397 g/mol. The van der Waals surface area contributed by atoms with Gasteiger partial charge in [0.25, 0.3) is 0 Å².